The van der Waals surface area contributed by atoms with Gasteiger partial charge in [-0.05, 0) is 54.3 Å². The topological polar surface area (TPSA) is 124 Å². The first-order valence-corrected chi connectivity index (χ1v) is 16.9. The number of nitrogens with one attached hydrogen (secondary N) is 1. The number of benzene rings is 3. The van der Waals surface area contributed by atoms with E-state index in [1.165, 1.54) is 25.2 Å². The molecule has 1 aliphatic heterocycles. The van der Waals surface area contributed by atoms with Crippen molar-refractivity contribution in [2.24, 2.45) is 4.99 Å². The van der Waals surface area contributed by atoms with Crippen molar-refractivity contribution in [1.29, 1.82) is 0 Å². The molecule has 0 aliphatic carbocycles. The number of amidine groups is 1. The van der Waals surface area contributed by atoms with Crippen LogP contribution in [0.2, 0.25) is 0 Å². The lowest BCUT2D eigenvalue weighted by Crippen LogP contribution is -2.42. The van der Waals surface area contributed by atoms with E-state index in [0.29, 0.717) is 29.0 Å². The lowest BCUT2D eigenvalue weighted by atomic mass is 9.99. The Morgan fingerprint density at radius 2 is 1.67 bits per heavy atom. The maximum atomic E-state index is 14.2. The number of hydrogen-bond donors (Lipinski definition) is 1. The number of hydrogen-bond acceptors (Lipinski definition) is 8. The van der Waals surface area contributed by atoms with Gasteiger partial charge in [-0.3, -0.25) is 19.3 Å². The molecule has 0 radical (unpaired) electrons. The van der Waals surface area contributed by atoms with Gasteiger partial charge in [0.05, 0.1) is 26.0 Å². The summed E-state index contributed by atoms with van der Waals surface area (Å²) in [6.45, 7) is 8.91. The largest absolute Gasteiger partial charge is 0.493 e. The Morgan fingerprint density at radius 3 is 2.24 bits per heavy atom. The molecule has 11 heteroatoms. The average molecular weight is 706 g/mol. The highest BCUT2D eigenvalue weighted by molar-refractivity contribution is 8.14. The molecule has 1 heterocycles. The highest BCUT2D eigenvalue weighted by atomic mass is 32.2. The normalized spacial score (nSPS) is 14.0. The summed E-state index contributed by atoms with van der Waals surface area (Å²) < 4.78 is 15.9. The van der Waals surface area contributed by atoms with E-state index in [4.69, 9.17) is 9.47 Å². The van der Waals surface area contributed by atoms with Gasteiger partial charge in [0.25, 0.3) is 11.8 Å². The number of aliphatic imine (C=N–C) groups is 1. The molecule has 4 rings (SSSR count). The van der Waals surface area contributed by atoms with Gasteiger partial charge in [0.1, 0.15) is 5.57 Å². The summed E-state index contributed by atoms with van der Waals surface area (Å²) in [7, 11) is 2.69. The smallest absolute Gasteiger partial charge is 0.343 e. The molecule has 3 aromatic rings. The summed E-state index contributed by atoms with van der Waals surface area (Å²) in [5, 5.41) is 3.13. The third-order valence-electron chi connectivity index (χ3n) is 7.52. The lowest BCUT2D eigenvalue weighted by Gasteiger charge is -2.28. The van der Waals surface area contributed by atoms with Crippen molar-refractivity contribution in [2.45, 2.75) is 19.4 Å². The Balaban J connectivity index is 1.67. The number of carbonyl (C=O) groups excluding carboxylic acids is 4. The second-order valence-corrected chi connectivity index (χ2v) is 11.8. The Labute approximate surface area is 301 Å². The van der Waals surface area contributed by atoms with Crippen LogP contribution in [0.15, 0.2) is 133 Å². The monoisotopic (exact) mass is 705 g/mol. The van der Waals surface area contributed by atoms with Crippen LogP contribution in [0.4, 0.5) is 0 Å². The van der Waals surface area contributed by atoms with Crippen LogP contribution in [0.25, 0.3) is 6.08 Å². The molecule has 0 atom stereocenters. The fourth-order valence-corrected chi connectivity index (χ4v) is 5.95. The van der Waals surface area contributed by atoms with Gasteiger partial charge in [0.2, 0.25) is 5.91 Å². The number of esters is 1. The van der Waals surface area contributed by atoms with E-state index < -0.39 is 23.8 Å². The molecule has 51 heavy (non-hydrogen) atoms. The van der Waals surface area contributed by atoms with Crippen molar-refractivity contribution >= 4 is 46.7 Å². The molecule has 1 aliphatic rings. The van der Waals surface area contributed by atoms with E-state index in [2.05, 4.69) is 28.2 Å². The first kappa shape index (κ1) is 37.9. The predicted molar refractivity (Wildman–Crippen MR) is 200 cm³/mol. The Bertz CT molecular complexity index is 1860. The van der Waals surface area contributed by atoms with Crippen LogP contribution in [0.3, 0.4) is 0 Å². The van der Waals surface area contributed by atoms with Crippen molar-refractivity contribution in [3.63, 3.8) is 0 Å². The van der Waals surface area contributed by atoms with Gasteiger partial charge in [0.15, 0.2) is 23.3 Å². The molecule has 3 amide bonds. The third-order valence-corrected chi connectivity index (χ3v) is 8.46. The van der Waals surface area contributed by atoms with Crippen molar-refractivity contribution < 1.29 is 33.4 Å². The minimum atomic E-state index is -0.774. The summed E-state index contributed by atoms with van der Waals surface area (Å²) >= 11 is 0.975. The van der Waals surface area contributed by atoms with Crippen molar-refractivity contribution in [3.8, 4) is 11.5 Å². The van der Waals surface area contributed by atoms with Gasteiger partial charge < -0.3 is 19.5 Å². The Morgan fingerprint density at radius 1 is 1.00 bits per heavy atom. The van der Waals surface area contributed by atoms with E-state index >= 15 is 0 Å². The maximum Gasteiger partial charge on any atom is 0.343 e. The highest BCUT2D eigenvalue weighted by Crippen LogP contribution is 2.35. The number of carbonyl (C=O) groups is 4. The Hall–Kier alpha value is -5.94. The van der Waals surface area contributed by atoms with Gasteiger partial charge in [-0.2, -0.15) is 4.99 Å². The number of rotatable bonds is 15. The number of ether oxygens (including phenoxy) is 3. The molecular weight excluding hydrogens is 667 g/mol. The van der Waals surface area contributed by atoms with Crippen LogP contribution in [-0.2, 0) is 30.3 Å². The van der Waals surface area contributed by atoms with E-state index in [-0.39, 0.29) is 34.8 Å². The fourth-order valence-electron chi connectivity index (χ4n) is 5.14. The van der Waals surface area contributed by atoms with Crippen molar-refractivity contribution in [3.05, 3.63) is 150 Å². The zero-order valence-corrected chi connectivity index (χ0v) is 29.5. The van der Waals surface area contributed by atoms with Crippen LogP contribution in [0, 0.1) is 0 Å². The van der Waals surface area contributed by atoms with Crippen LogP contribution in [0.1, 0.15) is 35.2 Å². The quantitative estimate of drug-likeness (QED) is 0.0637. The standard InChI is InChI=1S/C40H39N3O7S/c1-6-9-21-31(8-3)43-39(47)32(23-27-22-30(16-7-2)37(33(24-27)48-4)50-25-35(45)49-5)38(46)42-40(43)51-26-34(44)41-36(28-17-12-10-13-18-28)29-19-14-11-15-20-29/h6-15,17-24,36H,1-2,16,25-26H2,3-5H3,(H,41,44)/b21-9-,31-8+,32-23+. The van der Waals surface area contributed by atoms with E-state index in [1.807, 2.05) is 60.7 Å². The predicted octanol–water partition coefficient (Wildman–Crippen LogP) is 6.37. The first-order chi connectivity index (χ1) is 24.7. The van der Waals surface area contributed by atoms with E-state index in [1.54, 1.807) is 49.4 Å². The number of thioether (sulfide) groups is 1. The van der Waals surface area contributed by atoms with E-state index in [9.17, 15) is 19.2 Å². The van der Waals surface area contributed by atoms with Crippen molar-refractivity contribution in [1.82, 2.24) is 10.2 Å². The zero-order valence-electron chi connectivity index (χ0n) is 28.7. The molecule has 3 aromatic carbocycles. The minimum Gasteiger partial charge on any atom is -0.493 e. The second kappa shape index (κ2) is 18.7. The first-order valence-electron chi connectivity index (χ1n) is 15.9. The number of nitrogens with zero attached hydrogens (tertiary/aromatic N) is 2. The van der Waals surface area contributed by atoms with Crippen molar-refractivity contribution in [2.75, 3.05) is 26.6 Å². The number of allylic oxidation sites excluding steroid dienone is 5. The lowest BCUT2D eigenvalue weighted by molar-refractivity contribution is -0.143. The fraction of sp³-hybridized carbons (Fsp3) is 0.175. The van der Waals surface area contributed by atoms with Gasteiger partial charge in [0, 0.05) is 11.3 Å². The molecule has 10 nitrogen and oxygen atoms in total. The molecule has 0 aromatic heterocycles. The zero-order chi connectivity index (χ0) is 36.8. The highest BCUT2D eigenvalue weighted by Gasteiger charge is 2.35. The average Bonchev–Trinajstić information content (AvgIpc) is 3.15. The Kier molecular flexibility index (Phi) is 13.9. The van der Waals surface area contributed by atoms with Gasteiger partial charge in [-0.1, -0.05) is 103 Å². The molecule has 0 saturated carbocycles. The van der Waals surface area contributed by atoms with Crippen LogP contribution >= 0.6 is 11.8 Å². The molecular formula is C40H39N3O7S. The second-order valence-electron chi connectivity index (χ2n) is 10.9. The van der Waals surface area contributed by atoms with Crippen LogP contribution in [-0.4, -0.2) is 60.3 Å². The number of amides is 3. The van der Waals surface area contributed by atoms with Gasteiger partial charge >= 0.3 is 5.97 Å². The summed E-state index contributed by atoms with van der Waals surface area (Å²) in [5.41, 5.74) is 3.07. The van der Waals surface area contributed by atoms with Gasteiger partial charge in [-0.15, -0.1) is 6.58 Å². The van der Waals surface area contributed by atoms with Crippen LogP contribution in [0.5, 0.6) is 11.5 Å². The summed E-state index contributed by atoms with van der Waals surface area (Å²) in [6.07, 6.45) is 9.97. The summed E-state index contributed by atoms with van der Waals surface area (Å²) in [5.74, 6) is -1.85. The molecule has 262 valence electrons. The molecule has 0 saturated heterocycles. The summed E-state index contributed by atoms with van der Waals surface area (Å²) in [6, 6.07) is 22.1. The van der Waals surface area contributed by atoms with Gasteiger partial charge in [-0.25, -0.2) is 4.79 Å². The third kappa shape index (κ3) is 9.83. The summed E-state index contributed by atoms with van der Waals surface area (Å²) in [4.78, 5) is 58.5. The molecule has 0 fully saturated rings. The van der Waals surface area contributed by atoms with E-state index in [0.717, 1.165) is 22.9 Å². The molecule has 0 bridgehead atoms. The number of methoxy groups -OCH3 is 2. The maximum absolute atomic E-state index is 14.2. The minimum absolute atomic E-state index is 0.0477. The molecule has 0 unspecified atom stereocenters. The SMILES string of the molecule is C=C/C=C\C(=C/C)N1C(=O)/C(=C/c2cc(CC=C)c(OCC(=O)OC)c(OC)c2)C(=O)N=C1SCC(=O)NC(c1ccccc1)c1ccccc1. The molecule has 1 N–H and O–H groups in total. The molecule has 0 spiro atoms. The van der Waals surface area contributed by atoms with Crippen LogP contribution < -0.4 is 14.8 Å².